The van der Waals surface area contributed by atoms with Crippen molar-refractivity contribution >= 4 is 17.4 Å². The fourth-order valence-electron chi connectivity index (χ4n) is 1.33. The Kier molecular flexibility index (Phi) is 2.54. The van der Waals surface area contributed by atoms with Crippen molar-refractivity contribution in [2.45, 2.75) is 26.2 Å². The van der Waals surface area contributed by atoms with Gasteiger partial charge in [0, 0.05) is 5.41 Å². The van der Waals surface area contributed by atoms with Gasteiger partial charge in [0.1, 0.15) is 0 Å². The maximum atomic E-state index is 10.6. The Morgan fingerprint density at radius 2 is 2.00 bits per heavy atom. The van der Waals surface area contributed by atoms with Gasteiger partial charge in [-0.25, -0.2) is 4.57 Å². The molecule has 0 aliphatic carbocycles. The van der Waals surface area contributed by atoms with Gasteiger partial charge in [-0.2, -0.15) is 4.98 Å². The second kappa shape index (κ2) is 3.24. The highest BCUT2D eigenvalue weighted by Gasteiger charge is 2.30. The molecule has 0 unspecified atom stereocenters. The molecule has 5 nitrogen and oxygen atoms in total. The average Bonchev–Trinajstić information content (AvgIpc) is 2.24. The van der Waals surface area contributed by atoms with Crippen molar-refractivity contribution in [1.82, 2.24) is 9.55 Å². The fourth-order valence-corrected chi connectivity index (χ4v) is 1.60. The van der Waals surface area contributed by atoms with Gasteiger partial charge in [0.15, 0.2) is 0 Å². The van der Waals surface area contributed by atoms with E-state index in [0.717, 1.165) is 0 Å². The molecule has 1 aromatic rings. The lowest BCUT2D eigenvalue weighted by Gasteiger charge is -2.13. The van der Waals surface area contributed by atoms with Gasteiger partial charge in [-0.15, -0.1) is 0 Å². The fraction of sp³-hybridized carbons (Fsp3) is 0.625. The quantitative estimate of drug-likeness (QED) is 0.536. The zero-order chi connectivity index (χ0) is 11.1. The van der Waals surface area contributed by atoms with Crippen LogP contribution in [0.4, 0.5) is 5.82 Å². The van der Waals surface area contributed by atoms with E-state index < -0.39 is 4.92 Å². The maximum absolute atomic E-state index is 10.6. The highest BCUT2D eigenvalue weighted by molar-refractivity contribution is 6.31. The Labute approximate surface area is 86.9 Å². The Morgan fingerprint density at radius 1 is 1.50 bits per heavy atom. The monoisotopic (exact) mass is 217 g/mol. The lowest BCUT2D eigenvalue weighted by atomic mass is 9.96. The predicted octanol–water partition coefficient (Wildman–Crippen LogP) is 2.28. The Balaban J connectivity index is 3.39. The number of rotatable bonds is 1. The van der Waals surface area contributed by atoms with E-state index in [2.05, 4.69) is 4.98 Å². The molecule has 0 bridgehead atoms. The molecule has 0 saturated heterocycles. The molecule has 0 atom stereocenters. The van der Waals surface area contributed by atoms with Crippen molar-refractivity contribution in [1.29, 1.82) is 0 Å². The lowest BCUT2D eigenvalue weighted by molar-refractivity contribution is -0.391. The molecule has 6 heteroatoms. The molecule has 78 valence electrons. The van der Waals surface area contributed by atoms with Crippen LogP contribution in [0.25, 0.3) is 0 Å². The molecule has 1 heterocycles. The second-order valence-corrected chi connectivity index (χ2v) is 4.47. The van der Waals surface area contributed by atoms with E-state index >= 15 is 0 Å². The minimum atomic E-state index is -0.523. The number of hydrogen-bond acceptors (Lipinski definition) is 3. The number of nitrogens with zero attached hydrogens (tertiary/aromatic N) is 3. The number of halogens is 1. The first-order valence-electron chi connectivity index (χ1n) is 4.12. The average molecular weight is 218 g/mol. The van der Waals surface area contributed by atoms with Crippen LogP contribution in [0.1, 0.15) is 26.6 Å². The first-order valence-corrected chi connectivity index (χ1v) is 4.50. The third-order valence-corrected chi connectivity index (χ3v) is 2.12. The summed E-state index contributed by atoms with van der Waals surface area (Å²) in [5, 5.41) is 10.6. The Morgan fingerprint density at radius 3 is 2.21 bits per heavy atom. The molecule has 0 spiro atoms. The highest BCUT2D eigenvalue weighted by atomic mass is 35.5. The van der Waals surface area contributed by atoms with Crippen LogP contribution in [0.2, 0.25) is 5.15 Å². The van der Waals surface area contributed by atoms with E-state index in [9.17, 15) is 10.1 Å². The van der Waals surface area contributed by atoms with Crippen molar-refractivity contribution in [3.8, 4) is 0 Å². The molecular formula is C8H12ClN3O2. The van der Waals surface area contributed by atoms with Crippen LogP contribution in [0.15, 0.2) is 0 Å². The standard InChI is InChI=1S/C8H12ClN3O2/c1-8(2,3)7-10-5(9)6(11(7)4)12(13)14/h1-4H3. The Hall–Kier alpha value is -1.10. The van der Waals surface area contributed by atoms with Gasteiger partial charge < -0.3 is 10.1 Å². The number of hydrogen-bond donors (Lipinski definition) is 0. The van der Waals surface area contributed by atoms with Crippen LogP contribution < -0.4 is 0 Å². The third kappa shape index (κ3) is 1.72. The maximum Gasteiger partial charge on any atom is 0.361 e. The first-order chi connectivity index (χ1) is 6.25. The van der Waals surface area contributed by atoms with E-state index in [1.54, 1.807) is 7.05 Å². The summed E-state index contributed by atoms with van der Waals surface area (Å²) in [5.41, 5.74) is -0.257. The van der Waals surface area contributed by atoms with Crippen molar-refractivity contribution in [3.05, 3.63) is 21.1 Å². The first kappa shape index (κ1) is 11.0. The minimum absolute atomic E-state index is 0.0533. The van der Waals surface area contributed by atoms with Crippen LogP contribution in [0, 0.1) is 10.1 Å². The van der Waals surface area contributed by atoms with Gasteiger partial charge >= 0.3 is 5.82 Å². The van der Waals surface area contributed by atoms with Crippen molar-refractivity contribution < 1.29 is 4.92 Å². The van der Waals surface area contributed by atoms with Crippen LogP contribution in [0.3, 0.4) is 0 Å². The molecule has 14 heavy (non-hydrogen) atoms. The largest absolute Gasteiger partial charge is 0.361 e. The minimum Gasteiger partial charge on any atom is -0.358 e. The molecule has 0 N–H and O–H groups in total. The molecule has 0 aliphatic heterocycles. The van der Waals surface area contributed by atoms with Crippen LogP contribution >= 0.6 is 11.6 Å². The number of imidazole rings is 1. The summed E-state index contributed by atoms with van der Waals surface area (Å²) in [6, 6.07) is 0. The molecule has 0 radical (unpaired) electrons. The summed E-state index contributed by atoms with van der Waals surface area (Å²) >= 11 is 5.68. The van der Waals surface area contributed by atoms with E-state index in [-0.39, 0.29) is 16.4 Å². The summed E-state index contributed by atoms with van der Waals surface area (Å²) in [4.78, 5) is 14.1. The molecule has 1 aromatic heterocycles. The summed E-state index contributed by atoms with van der Waals surface area (Å²) in [6.45, 7) is 5.78. The molecular weight excluding hydrogens is 206 g/mol. The molecule has 0 aromatic carbocycles. The molecule has 0 fully saturated rings. The topological polar surface area (TPSA) is 61.0 Å². The molecule has 1 rings (SSSR count). The lowest BCUT2D eigenvalue weighted by Crippen LogP contribution is -2.17. The zero-order valence-corrected chi connectivity index (χ0v) is 9.29. The summed E-state index contributed by atoms with van der Waals surface area (Å²) in [6.07, 6.45) is 0. The van der Waals surface area contributed by atoms with Gasteiger partial charge in [-0.05, 0) is 4.92 Å². The van der Waals surface area contributed by atoms with Crippen LogP contribution in [0.5, 0.6) is 0 Å². The smallest absolute Gasteiger partial charge is 0.358 e. The second-order valence-electron chi connectivity index (χ2n) is 4.12. The van der Waals surface area contributed by atoms with E-state index in [1.165, 1.54) is 4.57 Å². The van der Waals surface area contributed by atoms with E-state index in [0.29, 0.717) is 5.82 Å². The summed E-state index contributed by atoms with van der Waals surface area (Å²) in [7, 11) is 1.59. The van der Waals surface area contributed by atoms with Gasteiger partial charge in [-0.1, -0.05) is 32.4 Å². The van der Waals surface area contributed by atoms with Gasteiger partial charge in [-0.3, -0.25) is 0 Å². The third-order valence-electron chi connectivity index (χ3n) is 1.87. The predicted molar refractivity (Wildman–Crippen MR) is 53.6 cm³/mol. The Bertz CT molecular complexity index is 379. The normalized spacial score (nSPS) is 11.8. The van der Waals surface area contributed by atoms with Crippen LogP contribution in [-0.2, 0) is 12.5 Å². The van der Waals surface area contributed by atoms with Gasteiger partial charge in [0.25, 0.3) is 0 Å². The molecule has 0 amide bonds. The molecule has 0 saturated carbocycles. The van der Waals surface area contributed by atoms with Crippen molar-refractivity contribution in [2.75, 3.05) is 0 Å². The molecule has 0 aliphatic rings. The SMILES string of the molecule is Cn1c(C(C)(C)C)nc(Cl)c1[N+](=O)[O-]. The van der Waals surface area contributed by atoms with Gasteiger partial charge in [0.2, 0.25) is 11.0 Å². The zero-order valence-electron chi connectivity index (χ0n) is 8.54. The summed E-state index contributed by atoms with van der Waals surface area (Å²) < 4.78 is 1.42. The van der Waals surface area contributed by atoms with E-state index in [1.807, 2.05) is 20.8 Å². The number of aromatic nitrogens is 2. The van der Waals surface area contributed by atoms with E-state index in [4.69, 9.17) is 11.6 Å². The van der Waals surface area contributed by atoms with Crippen molar-refractivity contribution in [2.24, 2.45) is 7.05 Å². The van der Waals surface area contributed by atoms with Gasteiger partial charge in [0.05, 0.1) is 7.05 Å². The summed E-state index contributed by atoms with van der Waals surface area (Å²) in [5.74, 6) is 0.450. The number of nitro groups is 1. The van der Waals surface area contributed by atoms with Crippen molar-refractivity contribution in [3.63, 3.8) is 0 Å². The highest BCUT2D eigenvalue weighted by Crippen LogP contribution is 2.30. The van der Waals surface area contributed by atoms with Crippen LogP contribution in [-0.4, -0.2) is 14.5 Å².